The normalized spacial score (nSPS) is 11.9. The van der Waals surface area contributed by atoms with Crippen molar-refractivity contribution in [2.75, 3.05) is 13.2 Å². The summed E-state index contributed by atoms with van der Waals surface area (Å²) in [6.45, 7) is 8.71. The Kier molecular flexibility index (Phi) is 6.59. The summed E-state index contributed by atoms with van der Waals surface area (Å²) in [7, 11) is 0. The van der Waals surface area contributed by atoms with Crippen molar-refractivity contribution in [1.29, 1.82) is 0 Å². The average molecular weight is 326 g/mol. The van der Waals surface area contributed by atoms with Gasteiger partial charge >= 0.3 is 0 Å². The highest BCUT2D eigenvalue weighted by atomic mass is 16.3. The van der Waals surface area contributed by atoms with E-state index in [0.717, 1.165) is 0 Å². The van der Waals surface area contributed by atoms with Crippen molar-refractivity contribution in [3.63, 3.8) is 0 Å². The quantitative estimate of drug-likeness (QED) is 0.776. The van der Waals surface area contributed by atoms with E-state index < -0.39 is 0 Å². The van der Waals surface area contributed by atoms with E-state index in [2.05, 4.69) is 76.2 Å². The molecule has 0 aliphatic rings. The number of hydrogen-bond donors (Lipinski definition) is 2. The second-order valence-corrected chi connectivity index (χ2v) is 7.17. The van der Waals surface area contributed by atoms with Gasteiger partial charge < -0.3 is 10.2 Å². The molecule has 0 amide bonds. The molecular formula is C22H30O2. The first kappa shape index (κ1) is 18.7. The monoisotopic (exact) mass is 326 g/mol. The lowest BCUT2D eigenvalue weighted by atomic mass is 9.75. The van der Waals surface area contributed by atoms with E-state index in [9.17, 15) is 10.2 Å². The smallest absolute Gasteiger partial charge is 0.0490 e. The highest BCUT2D eigenvalue weighted by Crippen LogP contribution is 2.39. The van der Waals surface area contributed by atoms with Crippen molar-refractivity contribution in [3.8, 4) is 0 Å². The summed E-state index contributed by atoms with van der Waals surface area (Å²) < 4.78 is 0. The molecule has 2 N–H and O–H groups in total. The highest BCUT2D eigenvalue weighted by Gasteiger charge is 2.28. The summed E-state index contributed by atoms with van der Waals surface area (Å²) in [6, 6.07) is 16.9. The van der Waals surface area contributed by atoms with Crippen LogP contribution in [0.25, 0.3) is 0 Å². The van der Waals surface area contributed by atoms with Crippen molar-refractivity contribution in [3.05, 3.63) is 70.8 Å². The molecule has 0 saturated carbocycles. The van der Waals surface area contributed by atoms with Gasteiger partial charge in [-0.1, -0.05) is 76.2 Å². The number of hydrogen-bond acceptors (Lipinski definition) is 2. The summed E-state index contributed by atoms with van der Waals surface area (Å²) in [5, 5.41) is 19.8. The standard InChI is InChI=1S/C22H30O2/c1-15(2)18-9-5-7-11-20(18)22(17(13-23)14-24)21-12-8-6-10-19(21)16(3)4/h5-12,15-17,22-24H,13-14H2,1-4H3. The van der Waals surface area contributed by atoms with Gasteiger partial charge in [0.1, 0.15) is 0 Å². The van der Waals surface area contributed by atoms with Crippen LogP contribution in [-0.4, -0.2) is 23.4 Å². The first-order valence-electron chi connectivity index (χ1n) is 8.90. The first-order valence-corrected chi connectivity index (χ1v) is 8.90. The van der Waals surface area contributed by atoms with E-state index in [1.807, 2.05) is 0 Å². The third-order valence-corrected chi connectivity index (χ3v) is 4.85. The summed E-state index contributed by atoms with van der Waals surface area (Å²) in [6.07, 6.45) is 0. The fraction of sp³-hybridized carbons (Fsp3) is 0.455. The van der Waals surface area contributed by atoms with Crippen molar-refractivity contribution >= 4 is 0 Å². The minimum Gasteiger partial charge on any atom is -0.396 e. The van der Waals surface area contributed by atoms with Crippen LogP contribution >= 0.6 is 0 Å². The molecule has 0 unspecified atom stereocenters. The van der Waals surface area contributed by atoms with Crippen LogP contribution in [-0.2, 0) is 0 Å². The van der Waals surface area contributed by atoms with Gasteiger partial charge in [0, 0.05) is 25.0 Å². The summed E-state index contributed by atoms with van der Waals surface area (Å²) in [5.41, 5.74) is 5.00. The Balaban J connectivity index is 2.68. The number of rotatable bonds is 7. The van der Waals surface area contributed by atoms with Gasteiger partial charge in [0.05, 0.1) is 0 Å². The lowest BCUT2D eigenvalue weighted by Crippen LogP contribution is -2.24. The second kappa shape index (κ2) is 8.46. The van der Waals surface area contributed by atoms with Gasteiger partial charge in [-0.25, -0.2) is 0 Å². The number of aliphatic hydroxyl groups excluding tert-OH is 2. The minimum atomic E-state index is -0.204. The SMILES string of the molecule is CC(C)c1ccccc1C(c1ccccc1C(C)C)C(CO)CO. The van der Waals surface area contributed by atoms with Gasteiger partial charge in [-0.05, 0) is 34.1 Å². The molecule has 0 bridgehead atoms. The largest absolute Gasteiger partial charge is 0.396 e. The zero-order chi connectivity index (χ0) is 17.7. The van der Waals surface area contributed by atoms with E-state index >= 15 is 0 Å². The lowest BCUT2D eigenvalue weighted by Gasteiger charge is -2.30. The van der Waals surface area contributed by atoms with Crippen LogP contribution in [0.4, 0.5) is 0 Å². The van der Waals surface area contributed by atoms with Crippen molar-refractivity contribution in [1.82, 2.24) is 0 Å². The first-order chi connectivity index (χ1) is 11.5. The minimum absolute atomic E-state index is 0.00259. The highest BCUT2D eigenvalue weighted by molar-refractivity contribution is 5.44. The molecule has 2 rings (SSSR count). The van der Waals surface area contributed by atoms with Crippen LogP contribution in [0.15, 0.2) is 48.5 Å². The molecule has 2 aromatic carbocycles. The summed E-state index contributed by atoms with van der Waals surface area (Å²) in [4.78, 5) is 0. The fourth-order valence-electron chi connectivity index (χ4n) is 3.58. The Morgan fingerprint density at radius 3 is 1.25 bits per heavy atom. The fourth-order valence-corrected chi connectivity index (χ4v) is 3.58. The predicted octanol–water partition coefficient (Wildman–Crippen LogP) is 4.67. The van der Waals surface area contributed by atoms with Crippen LogP contribution < -0.4 is 0 Å². The maximum atomic E-state index is 9.92. The third kappa shape index (κ3) is 3.88. The van der Waals surface area contributed by atoms with Crippen LogP contribution in [0, 0.1) is 5.92 Å². The molecule has 0 atom stereocenters. The number of aliphatic hydroxyl groups is 2. The van der Waals surface area contributed by atoms with Crippen molar-refractivity contribution in [2.24, 2.45) is 5.92 Å². The topological polar surface area (TPSA) is 40.5 Å². The van der Waals surface area contributed by atoms with E-state index in [4.69, 9.17) is 0 Å². The molecule has 0 spiro atoms. The molecule has 2 heteroatoms. The summed E-state index contributed by atoms with van der Waals surface area (Å²) in [5.74, 6) is 0.586. The molecule has 0 fully saturated rings. The van der Waals surface area contributed by atoms with E-state index in [0.29, 0.717) is 11.8 Å². The van der Waals surface area contributed by atoms with Gasteiger partial charge in [-0.15, -0.1) is 0 Å². The second-order valence-electron chi connectivity index (χ2n) is 7.17. The summed E-state index contributed by atoms with van der Waals surface area (Å²) >= 11 is 0. The zero-order valence-corrected chi connectivity index (χ0v) is 15.2. The molecule has 0 radical (unpaired) electrons. The lowest BCUT2D eigenvalue weighted by molar-refractivity contribution is 0.138. The van der Waals surface area contributed by atoms with Gasteiger partial charge in [-0.3, -0.25) is 0 Å². The van der Waals surface area contributed by atoms with Gasteiger partial charge in [0.2, 0.25) is 0 Å². The van der Waals surface area contributed by atoms with Gasteiger partial charge in [0.25, 0.3) is 0 Å². The Bertz CT molecular complexity index is 590. The average Bonchev–Trinajstić information content (AvgIpc) is 2.59. The van der Waals surface area contributed by atoms with Crippen molar-refractivity contribution < 1.29 is 10.2 Å². The zero-order valence-electron chi connectivity index (χ0n) is 15.2. The van der Waals surface area contributed by atoms with Gasteiger partial charge in [-0.2, -0.15) is 0 Å². The Hall–Kier alpha value is -1.64. The maximum Gasteiger partial charge on any atom is 0.0490 e. The van der Waals surface area contributed by atoms with Crippen LogP contribution in [0.3, 0.4) is 0 Å². The van der Waals surface area contributed by atoms with Crippen LogP contribution in [0.2, 0.25) is 0 Å². The predicted molar refractivity (Wildman–Crippen MR) is 101 cm³/mol. The molecule has 0 saturated heterocycles. The third-order valence-electron chi connectivity index (χ3n) is 4.85. The molecule has 2 nitrogen and oxygen atoms in total. The van der Waals surface area contributed by atoms with E-state index in [1.54, 1.807) is 0 Å². The molecular weight excluding hydrogens is 296 g/mol. The van der Waals surface area contributed by atoms with E-state index in [1.165, 1.54) is 22.3 Å². The molecule has 24 heavy (non-hydrogen) atoms. The molecule has 130 valence electrons. The van der Waals surface area contributed by atoms with Crippen LogP contribution in [0.1, 0.15) is 67.7 Å². The molecule has 0 aromatic heterocycles. The Labute approximate surface area is 146 Å². The molecule has 0 aliphatic heterocycles. The molecule has 0 aliphatic carbocycles. The Morgan fingerprint density at radius 2 is 0.958 bits per heavy atom. The van der Waals surface area contributed by atoms with Crippen LogP contribution in [0.5, 0.6) is 0 Å². The molecule has 2 aromatic rings. The van der Waals surface area contributed by atoms with Crippen molar-refractivity contribution in [2.45, 2.75) is 45.4 Å². The Morgan fingerprint density at radius 1 is 0.625 bits per heavy atom. The maximum absolute atomic E-state index is 9.92. The van der Waals surface area contributed by atoms with E-state index in [-0.39, 0.29) is 25.0 Å². The molecule has 0 heterocycles. The number of benzene rings is 2. The van der Waals surface area contributed by atoms with Gasteiger partial charge in [0.15, 0.2) is 0 Å².